The highest BCUT2D eigenvalue weighted by atomic mass is 19.3. The standard InChI is InChI=1S/C14H18F2N4O/c15-12(16)8-19-14(21)11-3-4-18-13-10(11)2-1-9-7-17-5-6-20(9)13/h3-4,9,12,17H,1-2,5-8H2,(H,19,21)/t9-/m1/s1. The van der Waals surface area contributed by atoms with Crippen LogP contribution in [0.25, 0.3) is 0 Å². The molecule has 21 heavy (non-hydrogen) atoms. The molecule has 0 aromatic carbocycles. The lowest BCUT2D eigenvalue weighted by molar-refractivity contribution is 0.0890. The molecule has 1 fully saturated rings. The van der Waals surface area contributed by atoms with Crippen LogP contribution in [0.2, 0.25) is 0 Å². The Hall–Kier alpha value is -1.76. The van der Waals surface area contributed by atoms with Crippen LogP contribution in [0.4, 0.5) is 14.6 Å². The molecule has 3 rings (SSSR count). The second-order valence-corrected chi connectivity index (χ2v) is 5.35. The van der Waals surface area contributed by atoms with Gasteiger partial charge in [0.1, 0.15) is 5.82 Å². The van der Waals surface area contributed by atoms with Crippen molar-refractivity contribution in [2.75, 3.05) is 31.1 Å². The Morgan fingerprint density at radius 2 is 2.43 bits per heavy atom. The molecule has 7 heteroatoms. The van der Waals surface area contributed by atoms with Gasteiger partial charge in [-0.15, -0.1) is 0 Å². The number of piperazine rings is 1. The number of halogens is 2. The van der Waals surface area contributed by atoms with E-state index in [-0.39, 0.29) is 0 Å². The zero-order valence-corrected chi connectivity index (χ0v) is 11.6. The van der Waals surface area contributed by atoms with Gasteiger partial charge in [0.2, 0.25) is 0 Å². The van der Waals surface area contributed by atoms with Crippen LogP contribution >= 0.6 is 0 Å². The fourth-order valence-corrected chi connectivity index (χ4v) is 3.06. The molecule has 1 aromatic heterocycles. The molecule has 114 valence electrons. The van der Waals surface area contributed by atoms with E-state index in [0.717, 1.165) is 43.9 Å². The predicted octanol–water partition coefficient (Wildman–Crippen LogP) is 0.801. The first kappa shape index (κ1) is 14.2. The number of alkyl halides is 2. The third kappa shape index (κ3) is 2.83. The van der Waals surface area contributed by atoms with E-state index in [1.165, 1.54) is 0 Å². The van der Waals surface area contributed by atoms with E-state index >= 15 is 0 Å². The lowest BCUT2D eigenvalue weighted by atomic mass is 9.93. The first-order chi connectivity index (χ1) is 10.2. The van der Waals surface area contributed by atoms with Gasteiger partial charge in [0, 0.05) is 43.0 Å². The largest absolute Gasteiger partial charge is 0.351 e. The van der Waals surface area contributed by atoms with E-state index in [1.807, 2.05) is 0 Å². The van der Waals surface area contributed by atoms with Gasteiger partial charge < -0.3 is 15.5 Å². The van der Waals surface area contributed by atoms with Crippen LogP contribution < -0.4 is 15.5 Å². The Bertz CT molecular complexity index is 538. The molecule has 2 N–H and O–H groups in total. The zero-order valence-electron chi connectivity index (χ0n) is 11.6. The van der Waals surface area contributed by atoms with Crippen molar-refractivity contribution < 1.29 is 13.6 Å². The fraction of sp³-hybridized carbons (Fsp3) is 0.571. The van der Waals surface area contributed by atoms with Gasteiger partial charge in [0.25, 0.3) is 12.3 Å². The van der Waals surface area contributed by atoms with Crippen molar-refractivity contribution >= 4 is 11.7 Å². The molecule has 0 saturated carbocycles. The number of pyridine rings is 1. The number of nitrogens with zero attached hydrogens (tertiary/aromatic N) is 2. The summed E-state index contributed by atoms with van der Waals surface area (Å²) in [5.41, 5.74) is 1.35. The maximum Gasteiger partial charge on any atom is 0.255 e. The first-order valence-corrected chi connectivity index (χ1v) is 7.18. The maximum absolute atomic E-state index is 12.2. The number of carbonyl (C=O) groups is 1. The molecule has 3 heterocycles. The molecule has 1 amide bonds. The number of fused-ring (bicyclic) bond motifs is 3. The van der Waals surface area contributed by atoms with Crippen molar-refractivity contribution in [3.8, 4) is 0 Å². The Kier molecular flexibility index (Phi) is 4.01. The average molecular weight is 296 g/mol. The Morgan fingerprint density at radius 1 is 1.57 bits per heavy atom. The number of hydrogen-bond donors (Lipinski definition) is 2. The van der Waals surface area contributed by atoms with Gasteiger partial charge in [-0.2, -0.15) is 0 Å². The maximum atomic E-state index is 12.2. The van der Waals surface area contributed by atoms with Crippen molar-refractivity contribution in [2.24, 2.45) is 0 Å². The van der Waals surface area contributed by atoms with E-state index in [9.17, 15) is 13.6 Å². The third-order valence-corrected chi connectivity index (χ3v) is 4.04. The van der Waals surface area contributed by atoms with E-state index in [2.05, 4.69) is 20.5 Å². The van der Waals surface area contributed by atoms with Gasteiger partial charge in [-0.05, 0) is 18.9 Å². The molecular weight excluding hydrogens is 278 g/mol. The van der Waals surface area contributed by atoms with Gasteiger partial charge in [-0.25, -0.2) is 13.8 Å². The third-order valence-electron chi connectivity index (χ3n) is 4.04. The molecule has 0 unspecified atom stereocenters. The van der Waals surface area contributed by atoms with Gasteiger partial charge in [-0.3, -0.25) is 4.79 Å². The monoisotopic (exact) mass is 296 g/mol. The molecule has 2 aliphatic heterocycles. The van der Waals surface area contributed by atoms with E-state index in [0.29, 0.717) is 11.6 Å². The minimum absolute atomic E-state index is 0.401. The van der Waals surface area contributed by atoms with Crippen LogP contribution in [-0.2, 0) is 6.42 Å². The highest BCUT2D eigenvalue weighted by Gasteiger charge is 2.31. The fourth-order valence-electron chi connectivity index (χ4n) is 3.06. The second-order valence-electron chi connectivity index (χ2n) is 5.35. The lowest BCUT2D eigenvalue weighted by Gasteiger charge is -2.41. The summed E-state index contributed by atoms with van der Waals surface area (Å²) in [7, 11) is 0. The SMILES string of the molecule is O=C(NCC(F)F)c1ccnc2c1CC[C@@H]1CNCCN21. The summed E-state index contributed by atoms with van der Waals surface area (Å²) in [6, 6.07) is 2.01. The van der Waals surface area contributed by atoms with Crippen LogP contribution in [-0.4, -0.2) is 49.5 Å². The molecule has 0 bridgehead atoms. The minimum atomic E-state index is -2.54. The van der Waals surface area contributed by atoms with Gasteiger partial charge in [0.05, 0.1) is 6.54 Å². The Labute approximate surface area is 121 Å². The summed E-state index contributed by atoms with van der Waals surface area (Å²) >= 11 is 0. The smallest absolute Gasteiger partial charge is 0.255 e. The summed E-state index contributed by atoms with van der Waals surface area (Å²) in [4.78, 5) is 18.7. The molecule has 2 aliphatic rings. The lowest BCUT2D eigenvalue weighted by Crippen LogP contribution is -2.54. The summed E-state index contributed by atoms with van der Waals surface area (Å²) in [6.07, 6.45) is 0.745. The van der Waals surface area contributed by atoms with Crippen LogP contribution in [0.15, 0.2) is 12.3 Å². The molecule has 0 radical (unpaired) electrons. The number of hydrogen-bond acceptors (Lipinski definition) is 4. The highest BCUT2D eigenvalue weighted by molar-refractivity contribution is 5.97. The van der Waals surface area contributed by atoms with Crippen molar-refractivity contribution in [3.63, 3.8) is 0 Å². The number of amides is 1. The molecule has 0 spiro atoms. The zero-order chi connectivity index (χ0) is 14.8. The quantitative estimate of drug-likeness (QED) is 0.866. The van der Waals surface area contributed by atoms with Gasteiger partial charge in [0.15, 0.2) is 0 Å². The Morgan fingerprint density at radius 3 is 3.24 bits per heavy atom. The highest BCUT2D eigenvalue weighted by Crippen LogP contribution is 2.31. The van der Waals surface area contributed by atoms with Crippen LogP contribution in [0, 0.1) is 0 Å². The molecular formula is C14H18F2N4O. The minimum Gasteiger partial charge on any atom is -0.351 e. The van der Waals surface area contributed by atoms with Gasteiger partial charge >= 0.3 is 0 Å². The number of nitrogens with one attached hydrogen (secondary N) is 2. The van der Waals surface area contributed by atoms with E-state index in [4.69, 9.17) is 0 Å². The van der Waals surface area contributed by atoms with Crippen molar-refractivity contribution in [2.45, 2.75) is 25.3 Å². The number of carbonyl (C=O) groups excluding carboxylic acids is 1. The van der Waals surface area contributed by atoms with Crippen LogP contribution in [0.5, 0.6) is 0 Å². The molecule has 0 aliphatic carbocycles. The predicted molar refractivity (Wildman–Crippen MR) is 74.9 cm³/mol. The molecule has 1 atom stereocenters. The normalized spacial score (nSPS) is 20.9. The topological polar surface area (TPSA) is 57.3 Å². The number of anilines is 1. The molecule has 5 nitrogen and oxygen atoms in total. The molecule has 1 saturated heterocycles. The Balaban J connectivity index is 1.86. The van der Waals surface area contributed by atoms with Crippen molar-refractivity contribution in [3.05, 3.63) is 23.4 Å². The van der Waals surface area contributed by atoms with Crippen LogP contribution in [0.1, 0.15) is 22.3 Å². The summed E-state index contributed by atoms with van der Waals surface area (Å²) in [5, 5.41) is 5.63. The van der Waals surface area contributed by atoms with Gasteiger partial charge in [-0.1, -0.05) is 0 Å². The van der Waals surface area contributed by atoms with E-state index in [1.54, 1.807) is 12.3 Å². The van der Waals surface area contributed by atoms with Crippen LogP contribution in [0.3, 0.4) is 0 Å². The van der Waals surface area contributed by atoms with E-state index < -0.39 is 18.9 Å². The number of rotatable bonds is 3. The first-order valence-electron chi connectivity index (χ1n) is 7.18. The summed E-state index contributed by atoms with van der Waals surface area (Å²) in [5.74, 6) is 0.389. The summed E-state index contributed by atoms with van der Waals surface area (Å²) in [6.45, 7) is 2.04. The molecule has 1 aromatic rings. The average Bonchev–Trinajstić information content (AvgIpc) is 2.51. The summed E-state index contributed by atoms with van der Waals surface area (Å²) < 4.78 is 24.5. The number of aromatic nitrogens is 1. The van der Waals surface area contributed by atoms with Crippen molar-refractivity contribution in [1.29, 1.82) is 0 Å². The van der Waals surface area contributed by atoms with Crippen molar-refractivity contribution in [1.82, 2.24) is 15.6 Å². The second kappa shape index (κ2) is 5.93.